The van der Waals surface area contributed by atoms with Crippen LogP contribution >= 0.6 is 0 Å². The average Bonchev–Trinajstić information content (AvgIpc) is 3.17. The number of aliphatic hydroxyl groups excluding tert-OH is 1. The number of fused-ring (bicyclic) bond motifs is 4. The zero-order chi connectivity index (χ0) is 26.1. The Bertz CT molecular complexity index is 922. The van der Waals surface area contributed by atoms with Gasteiger partial charge in [-0.25, -0.2) is 0 Å². The van der Waals surface area contributed by atoms with Crippen molar-refractivity contribution >= 4 is 5.97 Å². The second-order valence-corrected chi connectivity index (χ2v) is 15.3. The van der Waals surface area contributed by atoms with E-state index in [1.807, 2.05) is 0 Å². The van der Waals surface area contributed by atoms with Crippen LogP contribution in [0.2, 0.25) is 0 Å². The Hall–Kier alpha value is -0.650. The highest BCUT2D eigenvalue weighted by Crippen LogP contribution is 2.89. The number of carbonyl (C=O) groups is 1. The molecule has 5 unspecified atom stereocenters. The summed E-state index contributed by atoms with van der Waals surface area (Å²) in [4.78, 5) is 11.8. The molecule has 2 N–H and O–H groups in total. The minimum absolute atomic E-state index is 0.0184. The lowest BCUT2D eigenvalue weighted by Gasteiger charge is -2.59. The fraction of sp³-hybridized carbons (Fsp3) is 0.968. The minimum atomic E-state index is -1.13. The molecule has 6 aliphatic rings. The van der Waals surface area contributed by atoms with Crippen LogP contribution in [0.5, 0.6) is 0 Å². The van der Waals surface area contributed by atoms with Gasteiger partial charge in [0, 0.05) is 6.92 Å². The van der Waals surface area contributed by atoms with Gasteiger partial charge in [-0.3, -0.25) is 4.79 Å². The molecule has 12 atom stereocenters. The first kappa shape index (κ1) is 25.6. The van der Waals surface area contributed by atoms with E-state index in [0.29, 0.717) is 34.0 Å². The maximum Gasteiger partial charge on any atom is 0.303 e. The topological polar surface area (TPSA) is 76.0 Å². The monoisotopic (exact) mass is 502 g/mol. The molecule has 2 spiro atoms. The van der Waals surface area contributed by atoms with Gasteiger partial charge in [0.2, 0.25) is 0 Å². The van der Waals surface area contributed by atoms with Gasteiger partial charge in [0.1, 0.15) is 0 Å². The van der Waals surface area contributed by atoms with Crippen molar-refractivity contribution in [1.29, 1.82) is 0 Å². The van der Waals surface area contributed by atoms with E-state index in [4.69, 9.17) is 9.47 Å². The highest BCUT2D eigenvalue weighted by atomic mass is 16.6. The molecule has 0 aromatic carbocycles. The number of hydrogen-bond acceptors (Lipinski definition) is 5. The van der Waals surface area contributed by atoms with Crippen LogP contribution in [0.3, 0.4) is 0 Å². The molecule has 0 bridgehead atoms. The molecule has 0 aromatic rings. The van der Waals surface area contributed by atoms with E-state index in [2.05, 4.69) is 27.7 Å². The number of esters is 1. The molecule has 1 heterocycles. The van der Waals surface area contributed by atoms with Crippen LogP contribution in [0.15, 0.2) is 0 Å². The normalized spacial score (nSPS) is 53.7. The van der Waals surface area contributed by atoms with Gasteiger partial charge in [0.25, 0.3) is 0 Å². The van der Waals surface area contributed by atoms with E-state index in [-0.39, 0.29) is 29.7 Å². The lowest BCUT2D eigenvalue weighted by molar-refractivity contribution is -0.200. The van der Waals surface area contributed by atoms with Gasteiger partial charge in [-0.1, -0.05) is 27.7 Å². The molecule has 36 heavy (non-hydrogen) atoms. The average molecular weight is 503 g/mol. The number of carbonyl (C=O) groups excluding carboxylic acids is 1. The third-order valence-corrected chi connectivity index (χ3v) is 13.6. The SMILES string of the molecule is CC(=O)O[C@@H]([C@H]1CCC2C(CC3[C@@H]4CCC5C(C)(C)[C@@H](O)CCC56[C@@H](C)[C@@]46CC[C@]23C)O1)C(C)(C)O. The van der Waals surface area contributed by atoms with Crippen molar-refractivity contribution < 1.29 is 24.5 Å². The number of aliphatic hydroxyl groups is 2. The Morgan fingerprint density at radius 3 is 2.33 bits per heavy atom. The smallest absolute Gasteiger partial charge is 0.303 e. The first-order chi connectivity index (χ1) is 16.7. The first-order valence-electron chi connectivity index (χ1n) is 14.9. The van der Waals surface area contributed by atoms with Gasteiger partial charge in [-0.05, 0) is 123 Å². The molecule has 0 aromatic heterocycles. The molecular weight excluding hydrogens is 452 g/mol. The number of rotatable bonds is 3. The first-order valence-corrected chi connectivity index (χ1v) is 14.9. The van der Waals surface area contributed by atoms with Crippen LogP contribution in [-0.4, -0.2) is 46.2 Å². The summed E-state index contributed by atoms with van der Waals surface area (Å²) in [6.45, 7) is 14.7. The molecule has 5 heteroatoms. The zero-order valence-electron chi connectivity index (χ0n) is 23.7. The summed E-state index contributed by atoms with van der Waals surface area (Å²) < 4.78 is 12.4. The van der Waals surface area contributed by atoms with Crippen LogP contribution in [-0.2, 0) is 14.3 Å². The summed E-state index contributed by atoms with van der Waals surface area (Å²) in [5, 5.41) is 21.7. The predicted octanol–water partition coefficient (Wildman–Crippen LogP) is 5.50. The Morgan fingerprint density at radius 2 is 1.67 bits per heavy atom. The molecule has 5 aliphatic carbocycles. The molecule has 1 aliphatic heterocycles. The van der Waals surface area contributed by atoms with Crippen molar-refractivity contribution in [2.24, 2.45) is 51.2 Å². The molecule has 204 valence electrons. The maximum absolute atomic E-state index is 11.8. The Labute approximate surface area is 218 Å². The van der Waals surface area contributed by atoms with Gasteiger partial charge in [0.05, 0.1) is 23.9 Å². The summed E-state index contributed by atoms with van der Waals surface area (Å²) in [6.07, 6.45) is 9.60. The minimum Gasteiger partial charge on any atom is -0.457 e. The van der Waals surface area contributed by atoms with Crippen LogP contribution in [0, 0.1) is 51.2 Å². The molecule has 5 nitrogen and oxygen atoms in total. The van der Waals surface area contributed by atoms with E-state index in [9.17, 15) is 15.0 Å². The summed E-state index contributed by atoms with van der Waals surface area (Å²) in [7, 11) is 0. The second kappa shape index (κ2) is 7.72. The fourth-order valence-corrected chi connectivity index (χ4v) is 12.1. The van der Waals surface area contributed by atoms with Crippen LogP contribution in [0.4, 0.5) is 0 Å². The third kappa shape index (κ3) is 3.03. The quantitative estimate of drug-likeness (QED) is 0.498. The van der Waals surface area contributed by atoms with Crippen LogP contribution in [0.25, 0.3) is 0 Å². The predicted molar refractivity (Wildman–Crippen MR) is 138 cm³/mol. The number of hydrogen-bond donors (Lipinski definition) is 2. The Balaban J connectivity index is 1.27. The highest BCUT2D eigenvalue weighted by Gasteiger charge is 2.84. The van der Waals surface area contributed by atoms with Gasteiger partial charge in [-0.15, -0.1) is 0 Å². The van der Waals surface area contributed by atoms with E-state index < -0.39 is 11.7 Å². The summed E-state index contributed by atoms with van der Waals surface area (Å²) in [6, 6.07) is 0. The lowest BCUT2D eigenvalue weighted by Crippen LogP contribution is -2.54. The third-order valence-electron chi connectivity index (χ3n) is 13.6. The van der Waals surface area contributed by atoms with Gasteiger partial charge >= 0.3 is 5.97 Å². The molecule has 1 saturated heterocycles. The van der Waals surface area contributed by atoms with Gasteiger partial charge in [-0.2, -0.15) is 0 Å². The van der Waals surface area contributed by atoms with Crippen LogP contribution < -0.4 is 0 Å². The van der Waals surface area contributed by atoms with Gasteiger partial charge < -0.3 is 19.7 Å². The Kier molecular flexibility index (Phi) is 5.49. The molecule has 6 fully saturated rings. The molecule has 6 rings (SSSR count). The van der Waals surface area contributed by atoms with E-state index in [0.717, 1.165) is 37.5 Å². The molecular formula is C31H50O5. The van der Waals surface area contributed by atoms with Crippen molar-refractivity contribution in [3.63, 3.8) is 0 Å². The number of ether oxygens (including phenoxy) is 2. The van der Waals surface area contributed by atoms with E-state index in [1.165, 1.54) is 39.0 Å². The molecule has 5 saturated carbocycles. The second-order valence-electron chi connectivity index (χ2n) is 15.3. The maximum atomic E-state index is 11.8. The van der Waals surface area contributed by atoms with E-state index >= 15 is 0 Å². The van der Waals surface area contributed by atoms with Gasteiger partial charge in [0.15, 0.2) is 6.10 Å². The zero-order valence-corrected chi connectivity index (χ0v) is 23.7. The van der Waals surface area contributed by atoms with Crippen molar-refractivity contribution in [2.75, 3.05) is 0 Å². The van der Waals surface area contributed by atoms with Crippen molar-refractivity contribution in [2.45, 2.75) is 136 Å². The fourth-order valence-electron chi connectivity index (χ4n) is 12.1. The van der Waals surface area contributed by atoms with Crippen molar-refractivity contribution in [3.8, 4) is 0 Å². The van der Waals surface area contributed by atoms with Crippen LogP contribution in [0.1, 0.15) is 106 Å². The largest absolute Gasteiger partial charge is 0.457 e. The standard InChI is InChI=1S/C31H50O5/c1-17-30-15-14-29(7)20-8-10-22(26(28(5,6)34)35-18(2)32)36-23(20)16-21(29)19(30)9-11-24-27(3,4)25(33)12-13-31(17,24)30/h17,19-26,33-34H,8-16H2,1-7H3/t17-,19-,20?,21?,22+,23?,24?,25-,26-,29+,30-,31?/m0/s1. The summed E-state index contributed by atoms with van der Waals surface area (Å²) >= 11 is 0. The molecule has 0 amide bonds. The molecule has 0 radical (unpaired) electrons. The van der Waals surface area contributed by atoms with Crippen molar-refractivity contribution in [1.82, 2.24) is 0 Å². The Morgan fingerprint density at radius 1 is 0.972 bits per heavy atom. The summed E-state index contributed by atoms with van der Waals surface area (Å²) in [5.41, 5.74) is 0.0904. The summed E-state index contributed by atoms with van der Waals surface area (Å²) in [5.74, 6) is 3.06. The van der Waals surface area contributed by atoms with Crippen molar-refractivity contribution in [3.05, 3.63) is 0 Å². The highest BCUT2D eigenvalue weighted by molar-refractivity contribution is 5.66. The lowest BCUT2D eigenvalue weighted by atomic mass is 9.46. The van der Waals surface area contributed by atoms with E-state index in [1.54, 1.807) is 13.8 Å².